The van der Waals surface area contributed by atoms with Crippen molar-refractivity contribution in [3.05, 3.63) is 0 Å². The highest BCUT2D eigenvalue weighted by Gasteiger charge is 2.29. The Labute approximate surface area is 129 Å². The van der Waals surface area contributed by atoms with Crippen LogP contribution in [0.1, 0.15) is 32.6 Å². The Hall–Kier alpha value is -0.320. The number of hydrogen-bond acceptors (Lipinski definition) is 3. The van der Waals surface area contributed by atoms with E-state index >= 15 is 0 Å². The molecule has 0 bridgehead atoms. The van der Waals surface area contributed by atoms with Gasteiger partial charge in [0.2, 0.25) is 5.91 Å². The molecule has 1 amide bonds. The lowest BCUT2D eigenvalue weighted by Gasteiger charge is -2.29. The largest absolute Gasteiger partial charge is 0.384 e. The van der Waals surface area contributed by atoms with Crippen LogP contribution in [0.3, 0.4) is 0 Å². The first kappa shape index (κ1) is 17.7. The standard InChI is InChI=1S/C15H28N2O2.ClH/c1-12(14-4-3-6-16-9-14)8-15(18)17-7-5-13(10-17)11-19-2;/h12-14,16H,3-11H2,1-2H3;1H. The van der Waals surface area contributed by atoms with E-state index in [-0.39, 0.29) is 12.4 Å². The summed E-state index contributed by atoms with van der Waals surface area (Å²) in [6, 6.07) is 0. The Morgan fingerprint density at radius 3 is 2.90 bits per heavy atom. The summed E-state index contributed by atoms with van der Waals surface area (Å²) in [6.07, 6.45) is 4.33. The number of likely N-dealkylation sites (tertiary alicyclic amines) is 1. The minimum atomic E-state index is 0. The molecule has 5 heteroatoms. The quantitative estimate of drug-likeness (QED) is 0.844. The average Bonchev–Trinajstić information content (AvgIpc) is 2.89. The maximum atomic E-state index is 12.3. The Bertz CT molecular complexity index is 296. The molecule has 0 radical (unpaired) electrons. The van der Waals surface area contributed by atoms with Gasteiger partial charge in [-0.2, -0.15) is 0 Å². The number of nitrogens with zero attached hydrogens (tertiary/aromatic N) is 1. The Morgan fingerprint density at radius 2 is 2.25 bits per heavy atom. The van der Waals surface area contributed by atoms with Crippen molar-refractivity contribution in [2.24, 2.45) is 17.8 Å². The maximum Gasteiger partial charge on any atom is 0.222 e. The van der Waals surface area contributed by atoms with Crippen molar-refractivity contribution in [3.63, 3.8) is 0 Å². The minimum absolute atomic E-state index is 0. The van der Waals surface area contributed by atoms with Crippen LogP contribution in [0.5, 0.6) is 0 Å². The molecule has 20 heavy (non-hydrogen) atoms. The summed E-state index contributed by atoms with van der Waals surface area (Å²) < 4.78 is 5.18. The van der Waals surface area contributed by atoms with Gasteiger partial charge in [0, 0.05) is 32.5 Å². The molecule has 0 aromatic heterocycles. The van der Waals surface area contributed by atoms with Gasteiger partial charge >= 0.3 is 0 Å². The molecule has 0 aliphatic carbocycles. The third-order valence-corrected chi connectivity index (χ3v) is 4.68. The molecule has 3 unspecified atom stereocenters. The molecule has 118 valence electrons. The summed E-state index contributed by atoms with van der Waals surface area (Å²) in [5.74, 6) is 2.06. The van der Waals surface area contributed by atoms with Crippen LogP contribution in [-0.4, -0.2) is 50.7 Å². The predicted octanol–water partition coefficient (Wildman–Crippen LogP) is 1.93. The molecule has 0 aromatic carbocycles. The van der Waals surface area contributed by atoms with Crippen molar-refractivity contribution >= 4 is 18.3 Å². The second-order valence-electron chi connectivity index (χ2n) is 6.24. The van der Waals surface area contributed by atoms with E-state index in [9.17, 15) is 4.79 Å². The maximum absolute atomic E-state index is 12.3. The molecule has 0 spiro atoms. The molecule has 3 atom stereocenters. The van der Waals surface area contributed by atoms with Crippen LogP contribution in [0.15, 0.2) is 0 Å². The van der Waals surface area contributed by atoms with Gasteiger partial charge in [0.05, 0.1) is 6.61 Å². The van der Waals surface area contributed by atoms with Gasteiger partial charge in [-0.25, -0.2) is 0 Å². The highest BCUT2D eigenvalue weighted by atomic mass is 35.5. The van der Waals surface area contributed by atoms with E-state index in [1.54, 1.807) is 7.11 Å². The van der Waals surface area contributed by atoms with E-state index in [0.29, 0.717) is 30.1 Å². The van der Waals surface area contributed by atoms with E-state index in [4.69, 9.17) is 4.74 Å². The monoisotopic (exact) mass is 304 g/mol. The van der Waals surface area contributed by atoms with Crippen LogP contribution >= 0.6 is 12.4 Å². The number of hydrogen-bond donors (Lipinski definition) is 1. The van der Waals surface area contributed by atoms with Gasteiger partial charge in [0.1, 0.15) is 0 Å². The Balaban J connectivity index is 0.00000200. The van der Waals surface area contributed by atoms with Gasteiger partial charge in [0.15, 0.2) is 0 Å². The molecule has 1 N–H and O–H groups in total. The van der Waals surface area contributed by atoms with E-state index in [1.807, 2.05) is 4.90 Å². The van der Waals surface area contributed by atoms with E-state index in [2.05, 4.69) is 12.2 Å². The Morgan fingerprint density at radius 1 is 1.45 bits per heavy atom. The lowest BCUT2D eigenvalue weighted by molar-refractivity contribution is -0.131. The number of carbonyl (C=O) groups is 1. The summed E-state index contributed by atoms with van der Waals surface area (Å²) in [7, 11) is 1.74. The number of carbonyl (C=O) groups excluding carboxylic acids is 1. The lowest BCUT2D eigenvalue weighted by atomic mass is 9.85. The third kappa shape index (κ3) is 4.90. The average molecular weight is 305 g/mol. The van der Waals surface area contributed by atoms with Crippen molar-refractivity contribution in [1.29, 1.82) is 0 Å². The van der Waals surface area contributed by atoms with Gasteiger partial charge in [-0.15, -0.1) is 12.4 Å². The van der Waals surface area contributed by atoms with Crippen LogP contribution in [0.25, 0.3) is 0 Å². The van der Waals surface area contributed by atoms with Gasteiger partial charge in [-0.3, -0.25) is 4.79 Å². The summed E-state index contributed by atoms with van der Waals surface area (Å²) >= 11 is 0. The van der Waals surface area contributed by atoms with Crippen LogP contribution in [0.2, 0.25) is 0 Å². The second-order valence-corrected chi connectivity index (χ2v) is 6.24. The number of amides is 1. The van der Waals surface area contributed by atoms with Gasteiger partial charge in [-0.05, 0) is 44.2 Å². The topological polar surface area (TPSA) is 41.6 Å². The zero-order valence-electron chi connectivity index (χ0n) is 12.8. The van der Waals surface area contributed by atoms with Crippen molar-refractivity contribution in [2.75, 3.05) is 39.9 Å². The van der Waals surface area contributed by atoms with E-state index < -0.39 is 0 Å². The van der Waals surface area contributed by atoms with Crippen LogP contribution < -0.4 is 5.32 Å². The fraction of sp³-hybridized carbons (Fsp3) is 0.933. The SMILES string of the molecule is COCC1CCN(C(=O)CC(C)C2CCCNC2)C1.Cl. The first-order valence-electron chi connectivity index (χ1n) is 7.68. The molecule has 0 aromatic rings. The summed E-state index contributed by atoms with van der Waals surface area (Å²) in [5.41, 5.74) is 0. The molecule has 2 aliphatic rings. The van der Waals surface area contributed by atoms with Crippen molar-refractivity contribution < 1.29 is 9.53 Å². The molecular weight excluding hydrogens is 276 g/mol. The zero-order chi connectivity index (χ0) is 13.7. The number of rotatable bonds is 5. The van der Waals surface area contributed by atoms with Crippen molar-refractivity contribution in [1.82, 2.24) is 10.2 Å². The number of methoxy groups -OCH3 is 1. The molecule has 2 saturated heterocycles. The number of piperidine rings is 1. The minimum Gasteiger partial charge on any atom is -0.384 e. The number of nitrogens with one attached hydrogen (secondary N) is 1. The normalized spacial score (nSPS) is 28.0. The fourth-order valence-electron chi connectivity index (χ4n) is 3.37. The third-order valence-electron chi connectivity index (χ3n) is 4.68. The first-order chi connectivity index (χ1) is 9.20. The first-order valence-corrected chi connectivity index (χ1v) is 7.68. The summed E-state index contributed by atoms with van der Waals surface area (Å²) in [4.78, 5) is 14.4. The highest BCUT2D eigenvalue weighted by Crippen LogP contribution is 2.25. The summed E-state index contributed by atoms with van der Waals surface area (Å²) in [6.45, 7) is 7.05. The molecule has 2 rings (SSSR count). The van der Waals surface area contributed by atoms with Gasteiger partial charge < -0.3 is 15.0 Å². The van der Waals surface area contributed by atoms with Crippen LogP contribution in [0, 0.1) is 17.8 Å². The molecule has 2 heterocycles. The van der Waals surface area contributed by atoms with Crippen LogP contribution in [-0.2, 0) is 9.53 Å². The molecule has 2 fully saturated rings. The van der Waals surface area contributed by atoms with Crippen LogP contribution in [0.4, 0.5) is 0 Å². The molecule has 4 nitrogen and oxygen atoms in total. The molecule has 2 aliphatic heterocycles. The van der Waals surface area contributed by atoms with E-state index in [1.165, 1.54) is 12.8 Å². The Kier molecular flexibility index (Phi) is 7.85. The summed E-state index contributed by atoms with van der Waals surface area (Å²) in [5, 5.41) is 3.44. The second kappa shape index (κ2) is 8.85. The van der Waals surface area contributed by atoms with Crippen molar-refractivity contribution in [3.8, 4) is 0 Å². The van der Waals surface area contributed by atoms with E-state index in [0.717, 1.165) is 39.2 Å². The molecule has 0 saturated carbocycles. The smallest absolute Gasteiger partial charge is 0.222 e. The van der Waals surface area contributed by atoms with Gasteiger partial charge in [-0.1, -0.05) is 6.92 Å². The number of ether oxygens (including phenoxy) is 1. The van der Waals surface area contributed by atoms with Crippen molar-refractivity contribution in [2.45, 2.75) is 32.6 Å². The lowest BCUT2D eigenvalue weighted by Crippen LogP contribution is -2.36. The predicted molar refractivity (Wildman–Crippen MR) is 83.2 cm³/mol. The fourth-order valence-corrected chi connectivity index (χ4v) is 3.37. The van der Waals surface area contributed by atoms with Gasteiger partial charge in [0.25, 0.3) is 0 Å². The zero-order valence-corrected chi connectivity index (χ0v) is 13.6. The molecular formula is C15H29ClN2O2. The number of halogens is 1. The highest BCUT2D eigenvalue weighted by molar-refractivity contribution is 5.85.